The molecule has 2 rings (SSSR count). The molecule has 1 aliphatic rings. The molecule has 1 aromatic carbocycles. The topological polar surface area (TPSA) is 66.4 Å². The predicted molar refractivity (Wildman–Crippen MR) is 63.1 cm³/mol. The van der Waals surface area contributed by atoms with Crippen molar-refractivity contribution in [1.82, 2.24) is 0 Å². The number of nitrogens with one attached hydrogen (secondary N) is 1. The van der Waals surface area contributed by atoms with Gasteiger partial charge in [0, 0.05) is 0 Å². The number of sulfonamides is 1. The summed E-state index contributed by atoms with van der Waals surface area (Å²) in [7, 11) is -3.22. The normalized spacial score (nSPS) is 16.1. The Labute approximate surface area is 95.4 Å². The average molecular weight is 241 g/mol. The number of phenolic OH excluding ortho intramolecular Hbond substituents is 1. The van der Waals surface area contributed by atoms with Crippen molar-refractivity contribution >= 4 is 15.7 Å². The van der Waals surface area contributed by atoms with Crippen molar-refractivity contribution in [2.45, 2.75) is 31.9 Å². The van der Waals surface area contributed by atoms with Gasteiger partial charge in [-0.05, 0) is 49.9 Å². The SMILES string of the molecule is Cc1cc(NS(=O)(=O)C2CC2)c(C)cc1O. The van der Waals surface area contributed by atoms with E-state index in [0.29, 0.717) is 11.3 Å². The van der Waals surface area contributed by atoms with Gasteiger partial charge in [0.05, 0.1) is 10.9 Å². The highest BCUT2D eigenvalue weighted by molar-refractivity contribution is 7.93. The molecule has 2 N–H and O–H groups in total. The number of rotatable bonds is 3. The van der Waals surface area contributed by atoms with Crippen LogP contribution in [0.3, 0.4) is 0 Å². The van der Waals surface area contributed by atoms with E-state index in [-0.39, 0.29) is 11.0 Å². The monoisotopic (exact) mass is 241 g/mol. The number of hydrogen-bond acceptors (Lipinski definition) is 3. The number of aromatic hydroxyl groups is 1. The van der Waals surface area contributed by atoms with Crippen LogP contribution in [0.5, 0.6) is 5.75 Å². The van der Waals surface area contributed by atoms with Crippen LogP contribution in [0.15, 0.2) is 12.1 Å². The van der Waals surface area contributed by atoms with Crippen LogP contribution in [0, 0.1) is 13.8 Å². The zero-order chi connectivity index (χ0) is 11.9. The molecule has 0 amide bonds. The zero-order valence-corrected chi connectivity index (χ0v) is 10.1. The molecule has 0 radical (unpaired) electrons. The van der Waals surface area contributed by atoms with E-state index in [9.17, 15) is 13.5 Å². The molecule has 5 heteroatoms. The largest absolute Gasteiger partial charge is 0.508 e. The summed E-state index contributed by atoms with van der Waals surface area (Å²) < 4.78 is 26.1. The van der Waals surface area contributed by atoms with E-state index >= 15 is 0 Å². The molecule has 88 valence electrons. The summed E-state index contributed by atoms with van der Waals surface area (Å²) in [6.07, 6.45) is 1.48. The lowest BCUT2D eigenvalue weighted by atomic mass is 10.1. The Balaban J connectivity index is 2.31. The summed E-state index contributed by atoms with van der Waals surface area (Å²) in [5.41, 5.74) is 1.95. The van der Waals surface area contributed by atoms with Crippen LogP contribution in [0.2, 0.25) is 0 Å². The number of aryl methyl sites for hydroxylation is 2. The van der Waals surface area contributed by atoms with Gasteiger partial charge in [0.1, 0.15) is 5.75 Å². The van der Waals surface area contributed by atoms with E-state index in [4.69, 9.17) is 0 Å². The van der Waals surface area contributed by atoms with E-state index in [2.05, 4.69) is 4.72 Å². The molecule has 4 nitrogen and oxygen atoms in total. The van der Waals surface area contributed by atoms with Crippen molar-refractivity contribution in [3.05, 3.63) is 23.3 Å². The van der Waals surface area contributed by atoms with Gasteiger partial charge in [0.25, 0.3) is 0 Å². The lowest BCUT2D eigenvalue weighted by Crippen LogP contribution is -2.18. The molecule has 0 aromatic heterocycles. The molecule has 1 saturated carbocycles. The van der Waals surface area contributed by atoms with Crippen LogP contribution >= 0.6 is 0 Å². The minimum atomic E-state index is -3.22. The Morgan fingerprint density at radius 1 is 1.25 bits per heavy atom. The molecule has 1 aromatic rings. The van der Waals surface area contributed by atoms with Crippen molar-refractivity contribution < 1.29 is 13.5 Å². The van der Waals surface area contributed by atoms with Gasteiger partial charge < -0.3 is 5.11 Å². The number of hydrogen-bond donors (Lipinski definition) is 2. The summed E-state index contributed by atoms with van der Waals surface area (Å²) >= 11 is 0. The van der Waals surface area contributed by atoms with Crippen molar-refractivity contribution in [3.8, 4) is 5.75 Å². The van der Waals surface area contributed by atoms with Crippen LogP contribution in [0.25, 0.3) is 0 Å². The quantitative estimate of drug-likeness (QED) is 0.794. The molecular weight excluding hydrogens is 226 g/mol. The van der Waals surface area contributed by atoms with Gasteiger partial charge in [-0.2, -0.15) is 0 Å². The maximum absolute atomic E-state index is 11.7. The van der Waals surface area contributed by atoms with Crippen LogP contribution in [0.4, 0.5) is 5.69 Å². The van der Waals surface area contributed by atoms with Gasteiger partial charge in [-0.25, -0.2) is 8.42 Å². The highest BCUT2D eigenvalue weighted by atomic mass is 32.2. The maximum atomic E-state index is 11.7. The second kappa shape index (κ2) is 3.66. The van der Waals surface area contributed by atoms with Crippen LogP contribution in [-0.4, -0.2) is 18.8 Å². The smallest absolute Gasteiger partial charge is 0.235 e. The molecular formula is C11H15NO3S. The molecule has 0 spiro atoms. The number of phenols is 1. The molecule has 0 atom stereocenters. The molecule has 16 heavy (non-hydrogen) atoms. The molecule has 0 bridgehead atoms. The molecule has 1 fully saturated rings. The fourth-order valence-electron chi connectivity index (χ4n) is 1.53. The first-order valence-corrected chi connectivity index (χ1v) is 6.76. The summed E-state index contributed by atoms with van der Waals surface area (Å²) in [6.45, 7) is 3.51. The van der Waals surface area contributed by atoms with Gasteiger partial charge >= 0.3 is 0 Å². The summed E-state index contributed by atoms with van der Waals surface area (Å²) in [4.78, 5) is 0. The minimum absolute atomic E-state index is 0.187. The molecule has 0 unspecified atom stereocenters. The lowest BCUT2D eigenvalue weighted by Gasteiger charge is -2.11. The lowest BCUT2D eigenvalue weighted by molar-refractivity contribution is 0.471. The van der Waals surface area contributed by atoms with Crippen LogP contribution in [-0.2, 0) is 10.0 Å². The van der Waals surface area contributed by atoms with Crippen molar-refractivity contribution in [2.75, 3.05) is 4.72 Å². The molecule has 1 aliphatic carbocycles. The fraction of sp³-hybridized carbons (Fsp3) is 0.455. The second-order valence-electron chi connectivity index (χ2n) is 4.30. The van der Waals surface area contributed by atoms with Gasteiger partial charge in [-0.1, -0.05) is 0 Å². The van der Waals surface area contributed by atoms with E-state index in [1.807, 2.05) is 0 Å². The third-order valence-electron chi connectivity index (χ3n) is 2.76. The molecule has 0 aliphatic heterocycles. The molecule has 0 saturated heterocycles. The van der Waals surface area contributed by atoms with Gasteiger partial charge in [-0.15, -0.1) is 0 Å². The van der Waals surface area contributed by atoms with Crippen LogP contribution in [0.1, 0.15) is 24.0 Å². The zero-order valence-electron chi connectivity index (χ0n) is 9.32. The first-order valence-electron chi connectivity index (χ1n) is 5.22. The van der Waals surface area contributed by atoms with E-state index in [1.54, 1.807) is 26.0 Å². The summed E-state index contributed by atoms with van der Waals surface area (Å²) in [5.74, 6) is 0.187. The maximum Gasteiger partial charge on any atom is 0.235 e. The Kier molecular flexibility index (Phi) is 2.58. The van der Waals surface area contributed by atoms with Gasteiger partial charge in [0.15, 0.2) is 0 Å². The summed E-state index contributed by atoms with van der Waals surface area (Å²) in [5, 5.41) is 9.23. The van der Waals surface area contributed by atoms with Gasteiger partial charge in [0.2, 0.25) is 10.0 Å². The van der Waals surface area contributed by atoms with Crippen molar-refractivity contribution in [2.24, 2.45) is 0 Å². The predicted octanol–water partition coefficient (Wildman–Crippen LogP) is 1.91. The minimum Gasteiger partial charge on any atom is -0.508 e. The number of anilines is 1. The first kappa shape index (κ1) is 11.3. The van der Waals surface area contributed by atoms with Gasteiger partial charge in [-0.3, -0.25) is 4.72 Å². The fourth-order valence-corrected chi connectivity index (χ4v) is 2.98. The standard InChI is InChI=1S/C11H15NO3S/c1-7-6-11(13)8(2)5-10(7)12-16(14,15)9-3-4-9/h5-6,9,12-13H,3-4H2,1-2H3. The Morgan fingerprint density at radius 2 is 1.88 bits per heavy atom. The average Bonchev–Trinajstić information content (AvgIpc) is 2.96. The molecule has 0 heterocycles. The third kappa shape index (κ3) is 2.14. The van der Waals surface area contributed by atoms with Crippen molar-refractivity contribution in [3.63, 3.8) is 0 Å². The van der Waals surface area contributed by atoms with E-state index in [0.717, 1.165) is 18.4 Å². The second-order valence-corrected chi connectivity index (χ2v) is 6.26. The Morgan fingerprint density at radius 3 is 2.44 bits per heavy atom. The highest BCUT2D eigenvalue weighted by Crippen LogP contribution is 2.32. The number of benzene rings is 1. The highest BCUT2D eigenvalue weighted by Gasteiger charge is 2.35. The van der Waals surface area contributed by atoms with Crippen LogP contribution < -0.4 is 4.72 Å². The van der Waals surface area contributed by atoms with Crippen molar-refractivity contribution in [1.29, 1.82) is 0 Å². The Bertz CT molecular complexity index is 518. The van der Waals surface area contributed by atoms with E-state index in [1.165, 1.54) is 0 Å². The first-order chi connectivity index (χ1) is 7.40. The third-order valence-corrected chi connectivity index (χ3v) is 4.61. The Hall–Kier alpha value is -1.23. The summed E-state index contributed by atoms with van der Waals surface area (Å²) in [6, 6.07) is 3.23. The van der Waals surface area contributed by atoms with E-state index < -0.39 is 10.0 Å².